The molecule has 0 bridgehead atoms. The van der Waals surface area contributed by atoms with Crippen molar-refractivity contribution in [3.05, 3.63) is 29.8 Å². The Bertz CT molecular complexity index is 473. The van der Waals surface area contributed by atoms with Gasteiger partial charge in [0.2, 0.25) is 0 Å². The summed E-state index contributed by atoms with van der Waals surface area (Å²) >= 11 is 5.57. The van der Waals surface area contributed by atoms with Crippen LogP contribution in [0.2, 0.25) is 0 Å². The molecule has 1 aromatic rings. The largest absolute Gasteiger partial charge is 0.466 e. The van der Waals surface area contributed by atoms with Crippen LogP contribution in [0.25, 0.3) is 0 Å². The maximum atomic E-state index is 11.7. The van der Waals surface area contributed by atoms with Crippen LogP contribution in [0, 0.1) is 6.92 Å². The van der Waals surface area contributed by atoms with E-state index in [-0.39, 0.29) is 18.8 Å². The quantitative estimate of drug-likeness (QED) is 0.282. The van der Waals surface area contributed by atoms with Gasteiger partial charge in [-0.15, -0.1) is 11.6 Å². The third-order valence-corrected chi connectivity index (χ3v) is 3.41. The Morgan fingerprint density at radius 1 is 1.00 bits per heavy atom. The molecule has 0 heterocycles. The number of ether oxygens (including phenoxy) is 2. The van der Waals surface area contributed by atoms with Crippen molar-refractivity contribution in [1.29, 1.82) is 0 Å². The minimum absolute atomic E-state index is 0.0272. The van der Waals surface area contributed by atoms with Crippen molar-refractivity contribution in [2.24, 2.45) is 0 Å². The first-order valence-corrected chi connectivity index (χ1v) is 8.15. The number of hydrogen-bond donors (Lipinski definition) is 0. The molecular formula is C17H23ClO4. The topological polar surface area (TPSA) is 52.6 Å². The van der Waals surface area contributed by atoms with Crippen LogP contribution >= 0.6 is 11.6 Å². The van der Waals surface area contributed by atoms with Crippen molar-refractivity contribution in [1.82, 2.24) is 0 Å². The first kappa shape index (κ1) is 18.5. The van der Waals surface area contributed by atoms with Crippen molar-refractivity contribution in [3.8, 4) is 5.75 Å². The Morgan fingerprint density at radius 2 is 1.68 bits per heavy atom. The Kier molecular flexibility index (Phi) is 9.31. The van der Waals surface area contributed by atoms with E-state index in [0.717, 1.165) is 31.2 Å². The average molecular weight is 327 g/mol. The zero-order valence-electron chi connectivity index (χ0n) is 13.0. The summed E-state index contributed by atoms with van der Waals surface area (Å²) in [5, 5.41) is 0. The third-order valence-electron chi connectivity index (χ3n) is 3.14. The van der Waals surface area contributed by atoms with Crippen LogP contribution in [-0.2, 0) is 14.3 Å². The van der Waals surface area contributed by atoms with E-state index in [9.17, 15) is 9.59 Å². The van der Waals surface area contributed by atoms with Crippen LogP contribution in [0.1, 0.15) is 44.1 Å². The lowest BCUT2D eigenvalue weighted by Gasteiger charge is -2.07. The van der Waals surface area contributed by atoms with Gasteiger partial charge in [0, 0.05) is 5.88 Å². The van der Waals surface area contributed by atoms with Gasteiger partial charge in [-0.25, -0.2) is 0 Å². The predicted molar refractivity (Wildman–Crippen MR) is 86.2 cm³/mol. The lowest BCUT2D eigenvalue weighted by atomic mass is 10.2. The number of carbonyl (C=O) groups excluding carboxylic acids is 2. The van der Waals surface area contributed by atoms with Crippen molar-refractivity contribution in [2.75, 3.05) is 12.5 Å². The summed E-state index contributed by atoms with van der Waals surface area (Å²) in [4.78, 5) is 23.2. The Hall–Kier alpha value is -1.55. The third kappa shape index (κ3) is 8.03. The molecule has 0 saturated carbocycles. The van der Waals surface area contributed by atoms with Crippen LogP contribution < -0.4 is 4.74 Å². The number of unbranched alkanes of at least 4 members (excludes halogenated alkanes) is 3. The maximum Gasteiger partial charge on any atom is 0.311 e. The minimum atomic E-state index is -0.423. The van der Waals surface area contributed by atoms with Crippen LogP contribution in [0.15, 0.2) is 24.3 Å². The molecule has 0 amide bonds. The molecule has 1 aromatic carbocycles. The van der Waals surface area contributed by atoms with E-state index >= 15 is 0 Å². The minimum Gasteiger partial charge on any atom is -0.466 e. The van der Waals surface area contributed by atoms with E-state index in [2.05, 4.69) is 0 Å². The number of hydrogen-bond acceptors (Lipinski definition) is 4. The highest BCUT2D eigenvalue weighted by Gasteiger charge is 2.11. The van der Waals surface area contributed by atoms with E-state index in [0.29, 0.717) is 18.2 Å². The number of para-hydroxylation sites is 1. The monoisotopic (exact) mass is 326 g/mol. The fraction of sp³-hybridized carbons (Fsp3) is 0.529. The van der Waals surface area contributed by atoms with Crippen LogP contribution in [-0.4, -0.2) is 24.4 Å². The second-order valence-corrected chi connectivity index (χ2v) is 5.44. The molecule has 5 heteroatoms. The highest BCUT2D eigenvalue weighted by atomic mass is 35.5. The molecule has 0 fully saturated rings. The molecule has 0 aromatic heterocycles. The Labute approximate surface area is 136 Å². The van der Waals surface area contributed by atoms with Gasteiger partial charge in [0.15, 0.2) is 0 Å². The van der Waals surface area contributed by atoms with E-state index in [1.807, 2.05) is 19.1 Å². The van der Waals surface area contributed by atoms with Crippen molar-refractivity contribution >= 4 is 23.5 Å². The number of benzene rings is 1. The molecule has 22 heavy (non-hydrogen) atoms. The summed E-state index contributed by atoms with van der Waals surface area (Å²) in [5.74, 6) is 0.413. The number of rotatable bonds is 10. The summed E-state index contributed by atoms with van der Waals surface area (Å²) in [5.41, 5.74) is 0.885. The van der Waals surface area contributed by atoms with E-state index < -0.39 is 5.97 Å². The smallest absolute Gasteiger partial charge is 0.311 e. The highest BCUT2D eigenvalue weighted by Crippen LogP contribution is 2.17. The molecule has 0 aliphatic carbocycles. The first-order valence-electron chi connectivity index (χ1n) is 7.61. The van der Waals surface area contributed by atoms with Crippen LogP contribution in [0.4, 0.5) is 0 Å². The maximum absolute atomic E-state index is 11.7. The van der Waals surface area contributed by atoms with Crippen LogP contribution in [0.3, 0.4) is 0 Å². The van der Waals surface area contributed by atoms with Gasteiger partial charge in [0.1, 0.15) is 5.75 Å². The lowest BCUT2D eigenvalue weighted by Crippen LogP contribution is -2.13. The fourth-order valence-corrected chi connectivity index (χ4v) is 2.05. The van der Waals surface area contributed by atoms with Gasteiger partial charge >= 0.3 is 11.9 Å². The average Bonchev–Trinajstić information content (AvgIpc) is 2.51. The molecule has 0 atom stereocenters. The van der Waals surface area contributed by atoms with E-state index in [1.165, 1.54) is 0 Å². The molecule has 0 unspecified atom stereocenters. The fourth-order valence-electron chi connectivity index (χ4n) is 1.86. The zero-order chi connectivity index (χ0) is 16.2. The van der Waals surface area contributed by atoms with Crippen LogP contribution in [0.5, 0.6) is 5.75 Å². The Morgan fingerprint density at radius 3 is 2.41 bits per heavy atom. The summed E-state index contributed by atoms with van der Waals surface area (Å²) in [7, 11) is 0. The molecule has 0 aliphatic heterocycles. The summed E-state index contributed by atoms with van der Waals surface area (Å²) in [6.45, 7) is 2.26. The van der Waals surface area contributed by atoms with Gasteiger partial charge in [-0.05, 0) is 31.4 Å². The predicted octanol–water partition coefficient (Wildman–Crippen LogP) is 4.02. The van der Waals surface area contributed by atoms with Crippen molar-refractivity contribution in [2.45, 2.75) is 45.4 Å². The normalized spacial score (nSPS) is 10.3. The molecule has 0 aliphatic rings. The van der Waals surface area contributed by atoms with Gasteiger partial charge in [-0.1, -0.05) is 31.0 Å². The van der Waals surface area contributed by atoms with Crippen molar-refractivity contribution in [3.63, 3.8) is 0 Å². The second-order valence-electron chi connectivity index (χ2n) is 5.06. The van der Waals surface area contributed by atoms with Gasteiger partial charge in [0.05, 0.1) is 19.4 Å². The first-order chi connectivity index (χ1) is 10.6. The van der Waals surface area contributed by atoms with Crippen molar-refractivity contribution < 1.29 is 19.1 Å². The number of halogens is 1. The summed E-state index contributed by atoms with van der Waals surface area (Å²) in [6.07, 6.45) is 3.93. The lowest BCUT2D eigenvalue weighted by molar-refractivity contribution is -0.147. The summed E-state index contributed by atoms with van der Waals surface area (Å²) in [6, 6.07) is 7.26. The summed E-state index contributed by atoms with van der Waals surface area (Å²) < 4.78 is 10.3. The molecule has 0 spiro atoms. The molecule has 1 rings (SSSR count). The molecular weight excluding hydrogens is 304 g/mol. The molecule has 0 saturated heterocycles. The highest BCUT2D eigenvalue weighted by molar-refractivity contribution is 6.17. The number of esters is 2. The molecule has 4 nitrogen and oxygen atoms in total. The molecule has 0 radical (unpaired) electrons. The molecule has 0 N–H and O–H groups in total. The number of carbonyl (C=O) groups is 2. The van der Waals surface area contributed by atoms with Gasteiger partial charge in [-0.2, -0.15) is 0 Å². The van der Waals surface area contributed by atoms with Gasteiger partial charge in [-0.3, -0.25) is 9.59 Å². The zero-order valence-corrected chi connectivity index (χ0v) is 13.7. The second kappa shape index (κ2) is 11.1. The molecule has 122 valence electrons. The Balaban J connectivity index is 2.13. The SMILES string of the molecule is Cc1ccccc1OC(=O)CCC(=O)OCCCCCCCl. The number of aryl methyl sites for hydroxylation is 1. The van der Waals surface area contributed by atoms with E-state index in [1.54, 1.807) is 12.1 Å². The van der Waals surface area contributed by atoms with Gasteiger partial charge in [0.25, 0.3) is 0 Å². The standard InChI is InChI=1S/C17H23ClO4/c1-14-8-4-5-9-15(14)22-17(20)11-10-16(19)21-13-7-3-2-6-12-18/h4-5,8-9H,2-3,6-7,10-13H2,1H3. The number of alkyl halides is 1. The van der Waals surface area contributed by atoms with Gasteiger partial charge < -0.3 is 9.47 Å². The van der Waals surface area contributed by atoms with E-state index in [4.69, 9.17) is 21.1 Å².